The molecule has 1 atom stereocenters. The fraction of sp³-hybridized carbons (Fsp3) is 0.818. The predicted molar refractivity (Wildman–Crippen MR) is 109 cm³/mol. The fourth-order valence-corrected chi connectivity index (χ4v) is 3.16. The molecule has 0 saturated heterocycles. The first-order chi connectivity index (χ1) is 12.6. The molecule has 2 N–H and O–H groups in total. The van der Waals surface area contributed by atoms with Crippen LogP contribution in [0.5, 0.6) is 0 Å². The maximum atomic E-state index is 11.0. The Labute approximate surface area is 190 Å². The van der Waals surface area contributed by atoms with Crippen LogP contribution in [0.3, 0.4) is 0 Å². The van der Waals surface area contributed by atoms with Crippen LogP contribution in [0.25, 0.3) is 0 Å². The maximum Gasteiger partial charge on any atom is 1.00 e. The second kappa shape index (κ2) is 22.0. The topological polar surface area (TPSA) is 74.6 Å². The molecule has 4 nitrogen and oxygen atoms in total. The molecule has 0 radical (unpaired) electrons. The van der Waals surface area contributed by atoms with Gasteiger partial charge in [-0.1, -0.05) is 83.3 Å². The van der Waals surface area contributed by atoms with Crippen molar-refractivity contribution in [1.82, 2.24) is 0 Å². The van der Waals surface area contributed by atoms with Crippen LogP contribution in [0.15, 0.2) is 12.2 Å². The number of allylic oxidation sites excluding steroid dienone is 2. The van der Waals surface area contributed by atoms with Crippen LogP contribution in [0.2, 0.25) is 0 Å². The molecule has 0 bridgehead atoms. The molecule has 0 rings (SSSR count). The normalized spacial score (nSPS) is 12.0. The average Bonchev–Trinajstić information content (AvgIpc) is 2.59. The summed E-state index contributed by atoms with van der Waals surface area (Å²) in [5.74, 6) is -2.74. The van der Waals surface area contributed by atoms with Crippen LogP contribution in [0.4, 0.5) is 0 Å². The van der Waals surface area contributed by atoms with Crippen LogP contribution in [0, 0.1) is 5.92 Å². The number of hydrogen-bond donors (Lipinski definition) is 2. The van der Waals surface area contributed by atoms with E-state index in [1.54, 1.807) is 0 Å². The zero-order valence-corrected chi connectivity index (χ0v) is 19.8. The number of unbranched alkanes of at least 4 members (excludes halogenated alkanes) is 12. The summed E-state index contributed by atoms with van der Waals surface area (Å²) in [6.45, 7) is 2.25. The van der Waals surface area contributed by atoms with E-state index in [2.05, 4.69) is 19.1 Å². The predicted octanol–water partition coefficient (Wildman–Crippen LogP) is 3.71. The Morgan fingerprint density at radius 3 is 1.67 bits per heavy atom. The Kier molecular flexibility index (Phi) is 23.5. The van der Waals surface area contributed by atoms with Crippen LogP contribution in [0.1, 0.15) is 111 Å². The minimum atomic E-state index is -1.03. The van der Waals surface area contributed by atoms with E-state index in [9.17, 15) is 9.59 Å². The molecule has 0 spiro atoms. The molecule has 0 fully saturated rings. The largest absolute Gasteiger partial charge is 1.00 e. The van der Waals surface area contributed by atoms with Gasteiger partial charge in [0.15, 0.2) is 0 Å². The Hall–Kier alpha value is -0.320. The average molecular weight is 393 g/mol. The molecular weight excluding hydrogens is 351 g/mol. The zero-order chi connectivity index (χ0) is 19.5. The number of carboxylic acids is 2. The van der Waals surface area contributed by atoms with Gasteiger partial charge < -0.3 is 11.6 Å². The summed E-state index contributed by atoms with van der Waals surface area (Å²) < 4.78 is 0. The molecule has 0 aliphatic rings. The third-order valence-electron chi connectivity index (χ3n) is 4.83. The summed E-state index contributed by atoms with van der Waals surface area (Å²) >= 11 is 0. The van der Waals surface area contributed by atoms with Gasteiger partial charge in [-0.3, -0.25) is 9.59 Å². The van der Waals surface area contributed by atoms with Crippen LogP contribution >= 0.6 is 0 Å². The number of carbonyl (C=O) groups is 2. The summed E-state index contributed by atoms with van der Waals surface area (Å²) in [6, 6.07) is 0. The zero-order valence-electron chi connectivity index (χ0n) is 18.8. The van der Waals surface area contributed by atoms with Crippen molar-refractivity contribution < 1.29 is 50.8 Å². The van der Waals surface area contributed by atoms with E-state index in [0.717, 1.165) is 25.7 Å². The molecule has 154 valence electrons. The minimum absolute atomic E-state index is 0. The van der Waals surface area contributed by atoms with E-state index in [1.807, 2.05) is 0 Å². The summed E-state index contributed by atoms with van der Waals surface area (Å²) in [7, 11) is 0. The van der Waals surface area contributed by atoms with Crippen molar-refractivity contribution in [2.75, 3.05) is 0 Å². The first-order valence-electron chi connectivity index (χ1n) is 10.7. The molecule has 0 aromatic heterocycles. The number of rotatable bonds is 19. The number of hydrogen-bond acceptors (Lipinski definition) is 2. The van der Waals surface area contributed by atoms with Crippen LogP contribution in [-0.2, 0) is 9.59 Å². The van der Waals surface area contributed by atoms with Crippen molar-refractivity contribution in [2.45, 2.75) is 110 Å². The van der Waals surface area contributed by atoms with Gasteiger partial charge in [0.2, 0.25) is 0 Å². The molecule has 0 aliphatic heterocycles. The molecule has 0 aromatic rings. The van der Waals surface area contributed by atoms with Crippen molar-refractivity contribution in [3.8, 4) is 0 Å². The molecule has 5 heteroatoms. The van der Waals surface area contributed by atoms with Gasteiger partial charge in [0, 0.05) is 0 Å². The third-order valence-corrected chi connectivity index (χ3v) is 4.83. The quantitative estimate of drug-likeness (QED) is 0.200. The van der Waals surface area contributed by atoms with E-state index in [0.29, 0.717) is 6.42 Å². The van der Waals surface area contributed by atoms with Gasteiger partial charge in [-0.05, 0) is 32.1 Å². The van der Waals surface area contributed by atoms with E-state index in [-0.39, 0.29) is 37.4 Å². The Bertz CT molecular complexity index is 389. The van der Waals surface area contributed by atoms with Gasteiger partial charge in [-0.15, -0.1) is 0 Å². The molecular formula is C22H41NaO4. The second-order valence-corrected chi connectivity index (χ2v) is 7.36. The van der Waals surface area contributed by atoms with Crippen molar-refractivity contribution in [2.24, 2.45) is 5.92 Å². The van der Waals surface area contributed by atoms with Crippen LogP contribution in [-0.4, -0.2) is 22.2 Å². The van der Waals surface area contributed by atoms with Crippen molar-refractivity contribution >= 4 is 11.9 Å². The summed E-state index contributed by atoms with van der Waals surface area (Å²) in [5.41, 5.74) is 0. The molecule has 1 unspecified atom stereocenters. The van der Waals surface area contributed by atoms with Crippen molar-refractivity contribution in [3.05, 3.63) is 12.2 Å². The third kappa shape index (κ3) is 21.8. The molecule has 0 saturated carbocycles. The van der Waals surface area contributed by atoms with Gasteiger partial charge in [0.05, 0.1) is 12.3 Å². The van der Waals surface area contributed by atoms with Crippen molar-refractivity contribution in [1.29, 1.82) is 0 Å². The Morgan fingerprint density at radius 2 is 1.22 bits per heavy atom. The van der Waals surface area contributed by atoms with E-state index in [4.69, 9.17) is 10.2 Å². The minimum Gasteiger partial charge on any atom is -1.00 e. The van der Waals surface area contributed by atoms with Gasteiger partial charge in [-0.25, -0.2) is 0 Å². The summed E-state index contributed by atoms with van der Waals surface area (Å²) in [5, 5.41) is 17.7. The maximum absolute atomic E-state index is 11.0. The number of carboxylic acid groups (broad SMARTS) is 2. The standard InChI is InChI=1S/C22H40O4.Na.H/c1-2-3-4-5-6-7-8-9-10-11-12-13-14-15-16-17-18-20(22(25)26)19-21(23)24;;/h9-10,20H,2-8,11-19H2,1H3,(H,23,24)(H,25,26);;/q;+1;-1/b10-9-;;. The monoisotopic (exact) mass is 392 g/mol. The second-order valence-electron chi connectivity index (χ2n) is 7.36. The summed E-state index contributed by atoms with van der Waals surface area (Å²) in [4.78, 5) is 21.6. The molecule has 27 heavy (non-hydrogen) atoms. The fourth-order valence-electron chi connectivity index (χ4n) is 3.16. The SMILES string of the molecule is CCCCCCCC/C=C\CCCCCCCCC(CC(=O)O)C(=O)O.[H-].[Na+]. The Balaban J connectivity index is -0.00000312. The number of aliphatic carboxylic acids is 2. The van der Waals surface area contributed by atoms with E-state index >= 15 is 0 Å². The van der Waals surface area contributed by atoms with Gasteiger partial charge in [0.1, 0.15) is 0 Å². The van der Waals surface area contributed by atoms with Gasteiger partial charge in [0.25, 0.3) is 0 Å². The van der Waals surface area contributed by atoms with Crippen LogP contribution < -0.4 is 29.6 Å². The van der Waals surface area contributed by atoms with Crippen molar-refractivity contribution in [3.63, 3.8) is 0 Å². The summed E-state index contributed by atoms with van der Waals surface area (Å²) in [6.07, 6.45) is 21.9. The molecule has 0 aromatic carbocycles. The molecule has 0 heterocycles. The Morgan fingerprint density at radius 1 is 0.778 bits per heavy atom. The smallest absolute Gasteiger partial charge is 1.00 e. The first kappa shape index (κ1) is 28.9. The molecule has 0 amide bonds. The van der Waals surface area contributed by atoms with Gasteiger partial charge >= 0.3 is 41.5 Å². The van der Waals surface area contributed by atoms with E-state index < -0.39 is 17.9 Å². The molecule has 0 aliphatic carbocycles. The van der Waals surface area contributed by atoms with Gasteiger partial charge in [-0.2, -0.15) is 0 Å². The van der Waals surface area contributed by atoms with E-state index in [1.165, 1.54) is 64.2 Å². The first-order valence-corrected chi connectivity index (χ1v) is 10.7.